The highest BCUT2D eigenvalue weighted by molar-refractivity contribution is 14.0. The minimum absolute atomic E-state index is 0. The van der Waals surface area contributed by atoms with Crippen LogP contribution in [0.2, 0.25) is 0 Å². The molecule has 0 saturated heterocycles. The van der Waals surface area contributed by atoms with Gasteiger partial charge in [-0.3, -0.25) is 4.79 Å². The third-order valence-electron chi connectivity index (χ3n) is 2.53. The molecule has 0 aliphatic heterocycles. The summed E-state index contributed by atoms with van der Waals surface area (Å²) in [5.41, 5.74) is 0. The fraction of sp³-hybridized carbons (Fsp3) is 0.429. The molecule has 118 valence electrons. The minimum atomic E-state index is -0.0250. The number of hydrogen-bond acceptors (Lipinski definition) is 3. The number of nitrogens with zero attached hydrogens (tertiary/aromatic N) is 2. The minimum Gasteiger partial charge on any atom is -0.356 e. The zero-order chi connectivity index (χ0) is 14.8. The van der Waals surface area contributed by atoms with Crippen LogP contribution in [0.25, 0.3) is 0 Å². The van der Waals surface area contributed by atoms with Gasteiger partial charge in [0.25, 0.3) is 0 Å². The van der Waals surface area contributed by atoms with E-state index in [9.17, 15) is 4.79 Å². The van der Waals surface area contributed by atoms with Crippen LogP contribution in [-0.4, -0.2) is 50.5 Å². The molecule has 1 heterocycles. The Morgan fingerprint density at radius 2 is 2.24 bits per heavy atom. The molecule has 0 saturated carbocycles. The van der Waals surface area contributed by atoms with Gasteiger partial charge in [0, 0.05) is 32.1 Å². The Balaban J connectivity index is 0.00000400. The van der Waals surface area contributed by atoms with Crippen molar-refractivity contribution in [2.45, 2.75) is 6.42 Å². The number of carbonyl (C=O) groups excluding carboxylic acids is 1. The SMILES string of the molecule is C=CCNC(=NCC(=O)N(C)C)NCCc1cccs1.I. The monoisotopic (exact) mass is 422 g/mol. The van der Waals surface area contributed by atoms with Gasteiger partial charge in [0.1, 0.15) is 6.54 Å². The molecule has 0 aliphatic carbocycles. The molecule has 0 aliphatic rings. The van der Waals surface area contributed by atoms with Gasteiger partial charge in [0.05, 0.1) is 0 Å². The Hall–Kier alpha value is -1.09. The maximum atomic E-state index is 11.5. The summed E-state index contributed by atoms with van der Waals surface area (Å²) in [6.07, 6.45) is 2.69. The highest BCUT2D eigenvalue weighted by Gasteiger charge is 2.04. The van der Waals surface area contributed by atoms with Crippen molar-refractivity contribution in [3.63, 3.8) is 0 Å². The van der Waals surface area contributed by atoms with Crippen LogP contribution in [0.15, 0.2) is 35.2 Å². The van der Waals surface area contributed by atoms with Crippen molar-refractivity contribution in [1.29, 1.82) is 0 Å². The largest absolute Gasteiger partial charge is 0.356 e. The highest BCUT2D eigenvalue weighted by Crippen LogP contribution is 2.07. The highest BCUT2D eigenvalue weighted by atomic mass is 127. The number of rotatable bonds is 7. The average Bonchev–Trinajstić information content (AvgIpc) is 2.93. The van der Waals surface area contributed by atoms with Gasteiger partial charge in [-0.25, -0.2) is 4.99 Å². The van der Waals surface area contributed by atoms with Gasteiger partial charge in [0.2, 0.25) is 5.91 Å². The molecule has 0 fully saturated rings. The van der Waals surface area contributed by atoms with Crippen molar-refractivity contribution in [1.82, 2.24) is 15.5 Å². The van der Waals surface area contributed by atoms with Crippen LogP contribution in [0.4, 0.5) is 0 Å². The second-order valence-corrected chi connectivity index (χ2v) is 5.41. The maximum absolute atomic E-state index is 11.5. The van der Waals surface area contributed by atoms with Crippen molar-refractivity contribution in [2.24, 2.45) is 4.99 Å². The predicted molar refractivity (Wildman–Crippen MR) is 101 cm³/mol. The number of amides is 1. The van der Waals surface area contributed by atoms with E-state index in [1.807, 2.05) is 6.07 Å². The van der Waals surface area contributed by atoms with Gasteiger partial charge >= 0.3 is 0 Å². The summed E-state index contributed by atoms with van der Waals surface area (Å²) in [6.45, 7) is 5.19. The van der Waals surface area contributed by atoms with Gasteiger partial charge in [-0.1, -0.05) is 12.1 Å². The maximum Gasteiger partial charge on any atom is 0.243 e. The third kappa shape index (κ3) is 8.71. The van der Waals surface area contributed by atoms with Gasteiger partial charge in [-0.05, 0) is 17.9 Å². The number of carbonyl (C=O) groups is 1. The Morgan fingerprint density at radius 3 is 2.81 bits per heavy atom. The van der Waals surface area contributed by atoms with Gasteiger partial charge in [0.15, 0.2) is 5.96 Å². The van der Waals surface area contributed by atoms with Crippen molar-refractivity contribution < 1.29 is 4.79 Å². The number of nitrogens with one attached hydrogen (secondary N) is 2. The Morgan fingerprint density at radius 1 is 1.48 bits per heavy atom. The van der Waals surface area contributed by atoms with E-state index in [0.29, 0.717) is 12.5 Å². The second kappa shape index (κ2) is 11.6. The summed E-state index contributed by atoms with van der Waals surface area (Å²) in [6, 6.07) is 4.15. The van der Waals surface area contributed by atoms with Crippen LogP contribution in [0, 0.1) is 0 Å². The first-order chi connectivity index (χ1) is 9.63. The van der Waals surface area contributed by atoms with Crippen LogP contribution in [0.3, 0.4) is 0 Å². The molecular weight excluding hydrogens is 399 g/mol. The summed E-state index contributed by atoms with van der Waals surface area (Å²) >= 11 is 1.74. The summed E-state index contributed by atoms with van der Waals surface area (Å²) in [5, 5.41) is 8.38. The fourth-order valence-corrected chi connectivity index (χ4v) is 2.10. The molecular formula is C14H23IN4OS. The number of halogens is 1. The first-order valence-electron chi connectivity index (χ1n) is 6.49. The predicted octanol–water partition coefficient (Wildman–Crippen LogP) is 1.72. The first kappa shape index (κ1) is 19.9. The summed E-state index contributed by atoms with van der Waals surface area (Å²) in [4.78, 5) is 18.6. The molecule has 1 rings (SSSR count). The standard InChI is InChI=1S/C14H22N4OS.HI/c1-4-8-15-14(17-11-13(19)18(2)3)16-9-7-12-6-5-10-20-12;/h4-6,10H,1,7-9,11H2,2-3H3,(H2,15,16,17);1H. The van der Waals surface area contributed by atoms with Gasteiger partial charge in [-0.2, -0.15) is 0 Å². The topological polar surface area (TPSA) is 56.7 Å². The molecule has 0 atom stereocenters. The van der Waals surface area contributed by atoms with Crippen LogP contribution in [-0.2, 0) is 11.2 Å². The third-order valence-corrected chi connectivity index (χ3v) is 3.47. The molecule has 5 nitrogen and oxygen atoms in total. The molecule has 0 radical (unpaired) electrons. The number of thiophene rings is 1. The van der Waals surface area contributed by atoms with Crippen molar-refractivity contribution >= 4 is 47.2 Å². The number of likely N-dealkylation sites (N-methyl/N-ethyl adjacent to an activating group) is 1. The normalized spacial score (nSPS) is 10.5. The smallest absolute Gasteiger partial charge is 0.243 e. The lowest BCUT2D eigenvalue weighted by Crippen LogP contribution is -2.39. The van der Waals surface area contributed by atoms with Crippen molar-refractivity contribution in [3.05, 3.63) is 35.0 Å². The average molecular weight is 422 g/mol. The van der Waals surface area contributed by atoms with Gasteiger partial charge < -0.3 is 15.5 Å². The molecule has 1 aromatic heterocycles. The molecule has 0 spiro atoms. The lowest BCUT2D eigenvalue weighted by molar-refractivity contribution is -0.127. The number of guanidine groups is 1. The Bertz CT molecular complexity index is 446. The van der Waals surface area contributed by atoms with Crippen LogP contribution in [0.5, 0.6) is 0 Å². The van der Waals surface area contributed by atoms with E-state index in [4.69, 9.17) is 0 Å². The molecule has 0 bridgehead atoms. The van der Waals surface area contributed by atoms with Crippen LogP contribution in [0.1, 0.15) is 4.88 Å². The lowest BCUT2D eigenvalue weighted by Gasteiger charge is -2.12. The molecule has 21 heavy (non-hydrogen) atoms. The Kier molecular flexibility index (Phi) is 11.0. The zero-order valence-electron chi connectivity index (χ0n) is 12.5. The van der Waals surface area contributed by atoms with E-state index < -0.39 is 0 Å². The van der Waals surface area contributed by atoms with Crippen LogP contribution < -0.4 is 10.6 Å². The van der Waals surface area contributed by atoms with E-state index in [0.717, 1.165) is 13.0 Å². The zero-order valence-corrected chi connectivity index (χ0v) is 15.6. The molecule has 0 unspecified atom stereocenters. The van der Waals surface area contributed by atoms with Crippen LogP contribution >= 0.6 is 35.3 Å². The molecule has 0 aromatic carbocycles. The van der Waals surface area contributed by atoms with Crippen molar-refractivity contribution in [2.75, 3.05) is 33.7 Å². The summed E-state index contributed by atoms with van der Waals surface area (Å²) in [7, 11) is 3.44. The fourth-order valence-electron chi connectivity index (χ4n) is 1.39. The molecule has 1 aromatic rings. The second-order valence-electron chi connectivity index (χ2n) is 4.38. The van der Waals surface area contributed by atoms with Crippen molar-refractivity contribution in [3.8, 4) is 0 Å². The summed E-state index contributed by atoms with van der Waals surface area (Å²) in [5.74, 6) is 0.611. The number of hydrogen-bond donors (Lipinski definition) is 2. The van der Waals surface area contributed by atoms with E-state index >= 15 is 0 Å². The molecule has 2 N–H and O–H groups in total. The molecule has 1 amide bonds. The van der Waals surface area contributed by atoms with E-state index in [1.54, 1.807) is 31.5 Å². The summed E-state index contributed by atoms with van der Waals surface area (Å²) < 4.78 is 0. The van der Waals surface area contributed by atoms with E-state index in [1.165, 1.54) is 9.78 Å². The van der Waals surface area contributed by atoms with E-state index in [-0.39, 0.29) is 36.4 Å². The Labute approximate surface area is 147 Å². The molecule has 7 heteroatoms. The quantitative estimate of drug-likeness (QED) is 0.305. The number of aliphatic imine (C=N–C) groups is 1. The lowest BCUT2D eigenvalue weighted by atomic mass is 10.3. The first-order valence-corrected chi connectivity index (χ1v) is 7.37. The van der Waals surface area contributed by atoms with E-state index in [2.05, 4.69) is 33.7 Å². The van der Waals surface area contributed by atoms with Gasteiger partial charge in [-0.15, -0.1) is 41.9 Å².